The molecule has 2 aromatic rings. The van der Waals surface area contributed by atoms with Crippen molar-refractivity contribution in [3.05, 3.63) is 55.8 Å². The van der Waals surface area contributed by atoms with Gasteiger partial charge in [-0.05, 0) is 31.2 Å². The molecule has 0 aliphatic heterocycles. The van der Waals surface area contributed by atoms with Crippen molar-refractivity contribution < 1.29 is 0 Å². The average molecular weight is 291 g/mol. The van der Waals surface area contributed by atoms with E-state index in [1.165, 1.54) is 4.57 Å². The van der Waals surface area contributed by atoms with Crippen LogP contribution in [0.3, 0.4) is 0 Å². The van der Waals surface area contributed by atoms with E-state index in [4.69, 9.17) is 11.6 Å². The highest BCUT2D eigenvalue weighted by atomic mass is 35.5. The summed E-state index contributed by atoms with van der Waals surface area (Å²) in [7, 11) is 0. The van der Waals surface area contributed by atoms with Gasteiger partial charge in [-0.25, -0.2) is 4.79 Å². The molecule has 20 heavy (non-hydrogen) atoms. The Kier molecular flexibility index (Phi) is 3.26. The number of hydrogen-bond acceptors (Lipinski definition) is 2. The van der Waals surface area contributed by atoms with Crippen molar-refractivity contribution in [2.24, 2.45) is 5.92 Å². The zero-order valence-electron chi connectivity index (χ0n) is 11.1. The summed E-state index contributed by atoms with van der Waals surface area (Å²) in [4.78, 5) is 27.0. The minimum absolute atomic E-state index is 0.109. The van der Waals surface area contributed by atoms with E-state index >= 15 is 0 Å². The predicted octanol–water partition coefficient (Wildman–Crippen LogP) is 2.58. The normalized spacial score (nSPS) is 14.5. The van der Waals surface area contributed by atoms with Gasteiger partial charge in [-0.2, -0.15) is 0 Å². The second kappa shape index (κ2) is 4.94. The maximum Gasteiger partial charge on any atom is 0.329 e. The van der Waals surface area contributed by atoms with Gasteiger partial charge in [-0.15, -0.1) is 0 Å². The molecule has 1 aromatic carbocycles. The highest BCUT2D eigenvalue weighted by Gasteiger charge is 2.24. The summed E-state index contributed by atoms with van der Waals surface area (Å²) < 4.78 is 1.27. The molecule has 0 radical (unpaired) electrons. The molecule has 0 spiro atoms. The van der Waals surface area contributed by atoms with Crippen LogP contribution in [-0.2, 0) is 6.54 Å². The van der Waals surface area contributed by atoms with Crippen molar-refractivity contribution >= 4 is 11.6 Å². The number of H-pyrrole nitrogens is 1. The molecule has 1 aliphatic carbocycles. The summed E-state index contributed by atoms with van der Waals surface area (Å²) in [6.07, 6.45) is 2.16. The average Bonchev–Trinajstić information content (AvgIpc) is 3.18. The van der Waals surface area contributed by atoms with Gasteiger partial charge in [-0.3, -0.25) is 14.3 Å². The van der Waals surface area contributed by atoms with Gasteiger partial charge in [0.15, 0.2) is 0 Å². The lowest BCUT2D eigenvalue weighted by Crippen LogP contribution is -2.36. The van der Waals surface area contributed by atoms with Crippen LogP contribution < -0.4 is 11.2 Å². The maximum absolute atomic E-state index is 12.5. The lowest BCUT2D eigenvalue weighted by atomic mass is 10.1. The monoisotopic (exact) mass is 290 g/mol. The quantitative estimate of drug-likeness (QED) is 0.883. The second-order valence-corrected chi connectivity index (χ2v) is 5.73. The molecule has 3 rings (SSSR count). The number of hydrogen-bond donors (Lipinski definition) is 1. The van der Waals surface area contributed by atoms with Crippen LogP contribution in [0.25, 0.3) is 11.1 Å². The number of benzene rings is 1. The van der Waals surface area contributed by atoms with Crippen molar-refractivity contribution in [2.75, 3.05) is 0 Å². The van der Waals surface area contributed by atoms with Crippen LogP contribution in [0.1, 0.15) is 18.4 Å². The molecular weight excluding hydrogens is 276 g/mol. The molecule has 1 aromatic heterocycles. The third-order valence-electron chi connectivity index (χ3n) is 3.58. The van der Waals surface area contributed by atoms with Crippen molar-refractivity contribution in [2.45, 2.75) is 26.3 Å². The molecule has 0 saturated heterocycles. The molecule has 4 nitrogen and oxygen atoms in total. The van der Waals surface area contributed by atoms with Crippen molar-refractivity contribution in [3.63, 3.8) is 0 Å². The highest BCUT2D eigenvalue weighted by Crippen LogP contribution is 2.30. The lowest BCUT2D eigenvalue weighted by molar-refractivity contribution is 0.576. The number of nitrogens with zero attached hydrogens (tertiary/aromatic N) is 1. The number of aromatic amines is 1. The highest BCUT2D eigenvalue weighted by molar-refractivity contribution is 6.32. The Morgan fingerprint density at radius 2 is 2.10 bits per heavy atom. The number of aryl methyl sites for hydroxylation is 1. The summed E-state index contributed by atoms with van der Waals surface area (Å²) in [5.74, 6) is 0.445. The first-order valence-corrected chi connectivity index (χ1v) is 7.03. The summed E-state index contributed by atoms with van der Waals surface area (Å²) >= 11 is 6.08. The van der Waals surface area contributed by atoms with Gasteiger partial charge < -0.3 is 0 Å². The smallest absolute Gasteiger partial charge is 0.297 e. The third-order valence-corrected chi connectivity index (χ3v) is 3.87. The molecule has 1 N–H and O–H groups in total. The van der Waals surface area contributed by atoms with Gasteiger partial charge in [-0.1, -0.05) is 41.4 Å². The molecule has 1 aliphatic rings. The van der Waals surface area contributed by atoms with Crippen LogP contribution in [-0.4, -0.2) is 9.55 Å². The Morgan fingerprint density at radius 1 is 1.35 bits per heavy atom. The Bertz CT molecular complexity index is 772. The van der Waals surface area contributed by atoms with Gasteiger partial charge in [0.05, 0.1) is 5.56 Å². The third kappa shape index (κ3) is 2.43. The number of rotatable bonds is 3. The molecule has 0 bridgehead atoms. The van der Waals surface area contributed by atoms with Crippen LogP contribution in [0, 0.1) is 12.8 Å². The standard InChI is InChI=1S/C15H15ClN2O2/c1-9-3-2-4-11(7-9)12-13(16)17-15(20)18(14(12)19)8-10-5-6-10/h2-4,7,10H,5-6,8H2,1H3,(H,17,20). The topological polar surface area (TPSA) is 54.9 Å². The molecule has 0 atom stereocenters. The molecule has 1 heterocycles. The zero-order chi connectivity index (χ0) is 14.3. The van der Waals surface area contributed by atoms with Crippen LogP contribution in [0.5, 0.6) is 0 Å². The fourth-order valence-corrected chi connectivity index (χ4v) is 2.59. The van der Waals surface area contributed by atoms with E-state index in [0.29, 0.717) is 18.0 Å². The predicted molar refractivity (Wildman–Crippen MR) is 79.2 cm³/mol. The first-order valence-electron chi connectivity index (χ1n) is 6.66. The summed E-state index contributed by atoms with van der Waals surface area (Å²) in [6.45, 7) is 2.43. The zero-order valence-corrected chi connectivity index (χ0v) is 11.9. The largest absolute Gasteiger partial charge is 0.329 e. The van der Waals surface area contributed by atoms with Crippen LogP contribution in [0.15, 0.2) is 33.9 Å². The fourth-order valence-electron chi connectivity index (χ4n) is 2.32. The van der Waals surface area contributed by atoms with Crippen LogP contribution in [0.4, 0.5) is 0 Å². The van der Waals surface area contributed by atoms with Crippen molar-refractivity contribution in [1.29, 1.82) is 0 Å². The van der Waals surface area contributed by atoms with Gasteiger partial charge in [0.25, 0.3) is 5.56 Å². The molecule has 1 saturated carbocycles. The number of nitrogens with one attached hydrogen (secondary N) is 1. The summed E-state index contributed by atoms with van der Waals surface area (Å²) in [5, 5.41) is 0.109. The van der Waals surface area contributed by atoms with Crippen LogP contribution in [0.2, 0.25) is 5.15 Å². The summed E-state index contributed by atoms with van der Waals surface area (Å²) in [5.41, 5.74) is 1.41. The van der Waals surface area contributed by atoms with Gasteiger partial charge >= 0.3 is 5.69 Å². The van der Waals surface area contributed by atoms with E-state index in [1.807, 2.05) is 31.2 Å². The molecule has 5 heteroatoms. The molecule has 0 amide bonds. The Hall–Kier alpha value is -1.81. The second-order valence-electron chi connectivity index (χ2n) is 5.35. The van der Waals surface area contributed by atoms with E-state index in [1.54, 1.807) is 0 Å². The fraction of sp³-hybridized carbons (Fsp3) is 0.333. The van der Waals surface area contributed by atoms with E-state index in [2.05, 4.69) is 4.98 Å². The van der Waals surface area contributed by atoms with E-state index in [-0.39, 0.29) is 10.7 Å². The lowest BCUT2D eigenvalue weighted by Gasteiger charge is -2.09. The number of halogens is 1. The van der Waals surface area contributed by atoms with Crippen molar-refractivity contribution in [1.82, 2.24) is 9.55 Å². The molecule has 104 valence electrons. The Balaban J connectivity index is 2.19. The van der Waals surface area contributed by atoms with E-state index < -0.39 is 5.69 Å². The van der Waals surface area contributed by atoms with Crippen LogP contribution >= 0.6 is 11.6 Å². The van der Waals surface area contributed by atoms with E-state index in [0.717, 1.165) is 24.0 Å². The molecule has 0 unspecified atom stereocenters. The Labute approximate surface area is 121 Å². The number of aromatic nitrogens is 2. The van der Waals surface area contributed by atoms with Gasteiger partial charge in [0.2, 0.25) is 0 Å². The summed E-state index contributed by atoms with van der Waals surface area (Å²) in [6, 6.07) is 7.54. The minimum Gasteiger partial charge on any atom is -0.297 e. The Morgan fingerprint density at radius 3 is 2.75 bits per heavy atom. The molecular formula is C15H15ClN2O2. The van der Waals surface area contributed by atoms with Gasteiger partial charge in [0, 0.05) is 6.54 Å². The first-order chi connectivity index (χ1) is 9.56. The van der Waals surface area contributed by atoms with Crippen molar-refractivity contribution in [3.8, 4) is 11.1 Å². The maximum atomic E-state index is 12.5. The van der Waals surface area contributed by atoms with Gasteiger partial charge in [0.1, 0.15) is 5.15 Å². The molecule has 1 fully saturated rings. The first kappa shape index (κ1) is 13.2. The minimum atomic E-state index is -0.427. The van der Waals surface area contributed by atoms with E-state index in [9.17, 15) is 9.59 Å². The SMILES string of the molecule is Cc1cccc(-c2c(Cl)[nH]c(=O)n(CC3CC3)c2=O)c1.